The minimum atomic E-state index is -3.24. The van der Waals surface area contributed by atoms with Crippen molar-refractivity contribution in [2.45, 2.75) is 19.9 Å². The molecule has 1 atom stereocenters. The number of sulfonamides is 1. The van der Waals surface area contributed by atoms with Crippen LogP contribution in [-0.4, -0.2) is 26.0 Å². The molecule has 0 saturated carbocycles. The average molecular weight is 276 g/mol. The lowest BCUT2D eigenvalue weighted by Crippen LogP contribution is -2.33. The van der Waals surface area contributed by atoms with Gasteiger partial charge in [-0.3, -0.25) is 0 Å². The summed E-state index contributed by atoms with van der Waals surface area (Å²) in [6.45, 7) is 3.96. The Bertz CT molecular complexity index is 485. The Morgan fingerprint density at radius 2 is 1.76 bits per heavy atom. The van der Waals surface area contributed by atoms with Gasteiger partial charge in [0.05, 0.1) is 12.3 Å². The van der Waals surface area contributed by atoms with Crippen LogP contribution in [0.1, 0.15) is 25.5 Å². The lowest BCUT2D eigenvalue weighted by atomic mass is 9.96. The fourth-order valence-electron chi connectivity index (χ4n) is 1.90. The quantitative estimate of drug-likeness (QED) is 0.847. The van der Waals surface area contributed by atoms with Gasteiger partial charge in [-0.25, -0.2) is 8.42 Å². The van der Waals surface area contributed by atoms with Gasteiger partial charge in [0.2, 0.25) is 10.0 Å². The summed E-state index contributed by atoms with van der Waals surface area (Å²) in [6, 6.07) is 7.12. The molecule has 1 rings (SSSR count). The van der Waals surface area contributed by atoms with Crippen LogP contribution >= 0.6 is 11.6 Å². The van der Waals surface area contributed by atoms with E-state index in [9.17, 15) is 8.42 Å². The van der Waals surface area contributed by atoms with Gasteiger partial charge in [0.1, 0.15) is 0 Å². The maximum Gasteiger partial charge on any atom is 0.211 e. The summed E-state index contributed by atoms with van der Waals surface area (Å²) in [5.74, 6) is 0.148. The van der Waals surface area contributed by atoms with E-state index in [1.54, 1.807) is 13.1 Å². The number of halogens is 1. The largest absolute Gasteiger partial charge is 0.212 e. The molecule has 1 unspecified atom stereocenters. The molecule has 0 aromatic heterocycles. The zero-order valence-electron chi connectivity index (χ0n) is 10.5. The monoisotopic (exact) mass is 275 g/mol. The first-order chi connectivity index (χ1) is 7.75. The highest BCUT2D eigenvalue weighted by Gasteiger charge is 2.28. The average Bonchev–Trinajstić information content (AvgIpc) is 2.19. The van der Waals surface area contributed by atoms with Gasteiger partial charge in [0, 0.05) is 12.1 Å². The van der Waals surface area contributed by atoms with E-state index in [1.807, 2.05) is 32.0 Å². The van der Waals surface area contributed by atoms with E-state index in [0.29, 0.717) is 5.02 Å². The van der Waals surface area contributed by atoms with Crippen molar-refractivity contribution in [1.82, 2.24) is 4.31 Å². The fraction of sp³-hybridized carbons (Fsp3) is 0.500. The Hall–Kier alpha value is -0.580. The smallest absolute Gasteiger partial charge is 0.211 e. The van der Waals surface area contributed by atoms with E-state index in [2.05, 4.69) is 0 Å². The van der Waals surface area contributed by atoms with Crippen molar-refractivity contribution in [1.29, 1.82) is 0 Å². The SMILES string of the molecule is CC(C)C(c1ccccc1Cl)N(C)S(C)(=O)=O. The van der Waals surface area contributed by atoms with Crippen LogP contribution in [0.2, 0.25) is 5.02 Å². The third-order valence-corrected chi connectivity index (χ3v) is 4.39. The lowest BCUT2D eigenvalue weighted by Gasteiger charge is -2.30. The molecular formula is C12H18ClNO2S. The van der Waals surface area contributed by atoms with Crippen LogP contribution in [-0.2, 0) is 10.0 Å². The highest BCUT2D eigenvalue weighted by Crippen LogP contribution is 2.33. The van der Waals surface area contributed by atoms with Gasteiger partial charge in [-0.1, -0.05) is 43.6 Å². The van der Waals surface area contributed by atoms with Crippen molar-refractivity contribution in [2.75, 3.05) is 13.3 Å². The van der Waals surface area contributed by atoms with Gasteiger partial charge in [-0.2, -0.15) is 4.31 Å². The highest BCUT2D eigenvalue weighted by molar-refractivity contribution is 7.88. The minimum absolute atomic E-state index is 0.148. The molecule has 0 aliphatic heterocycles. The van der Waals surface area contributed by atoms with Crippen LogP contribution in [0.25, 0.3) is 0 Å². The predicted molar refractivity (Wildman–Crippen MR) is 71.6 cm³/mol. The minimum Gasteiger partial charge on any atom is -0.212 e. The van der Waals surface area contributed by atoms with Crippen LogP contribution < -0.4 is 0 Å². The number of rotatable bonds is 4. The summed E-state index contributed by atoms with van der Waals surface area (Å²) in [7, 11) is -1.65. The molecule has 0 aliphatic rings. The van der Waals surface area contributed by atoms with Gasteiger partial charge >= 0.3 is 0 Å². The Balaban J connectivity index is 3.25. The van der Waals surface area contributed by atoms with E-state index in [4.69, 9.17) is 11.6 Å². The number of hydrogen-bond donors (Lipinski definition) is 0. The molecule has 5 heteroatoms. The zero-order valence-corrected chi connectivity index (χ0v) is 12.1. The van der Waals surface area contributed by atoms with E-state index < -0.39 is 10.0 Å². The van der Waals surface area contributed by atoms with Crippen LogP contribution in [0.4, 0.5) is 0 Å². The second-order valence-corrected chi connectivity index (χ2v) is 6.94. The molecule has 1 aromatic carbocycles. The Morgan fingerprint density at radius 1 is 1.24 bits per heavy atom. The summed E-state index contributed by atoms with van der Waals surface area (Å²) < 4.78 is 24.7. The first kappa shape index (κ1) is 14.5. The van der Waals surface area contributed by atoms with Crippen molar-refractivity contribution in [3.8, 4) is 0 Å². The third kappa shape index (κ3) is 3.44. The van der Waals surface area contributed by atoms with Crippen molar-refractivity contribution >= 4 is 21.6 Å². The van der Waals surface area contributed by atoms with Crippen LogP contribution in [0.5, 0.6) is 0 Å². The number of hydrogen-bond acceptors (Lipinski definition) is 2. The summed E-state index contributed by atoms with van der Waals surface area (Å²) in [5.41, 5.74) is 0.845. The maximum absolute atomic E-state index is 11.6. The fourth-order valence-corrected chi connectivity index (χ4v) is 2.91. The van der Waals surface area contributed by atoms with Crippen LogP contribution in [0.15, 0.2) is 24.3 Å². The van der Waals surface area contributed by atoms with Crippen LogP contribution in [0.3, 0.4) is 0 Å². The normalized spacial score (nSPS) is 14.3. The highest BCUT2D eigenvalue weighted by atomic mass is 35.5. The van der Waals surface area contributed by atoms with E-state index >= 15 is 0 Å². The molecule has 1 aromatic rings. The first-order valence-corrected chi connectivity index (χ1v) is 7.65. The molecule has 3 nitrogen and oxygen atoms in total. The third-order valence-electron chi connectivity index (χ3n) is 2.77. The van der Waals surface area contributed by atoms with Gasteiger partial charge in [0.15, 0.2) is 0 Å². The van der Waals surface area contributed by atoms with E-state index in [0.717, 1.165) is 5.56 Å². The molecule has 0 amide bonds. The summed E-state index contributed by atoms with van der Waals surface area (Å²) in [6.07, 6.45) is 1.21. The van der Waals surface area contributed by atoms with Crippen molar-refractivity contribution in [3.63, 3.8) is 0 Å². The molecule has 17 heavy (non-hydrogen) atoms. The maximum atomic E-state index is 11.6. The predicted octanol–water partition coefficient (Wildman–Crippen LogP) is 2.93. The molecule has 0 spiro atoms. The van der Waals surface area contributed by atoms with E-state index in [-0.39, 0.29) is 12.0 Å². The zero-order chi connectivity index (χ0) is 13.2. The molecule has 0 radical (unpaired) electrons. The number of benzene rings is 1. The van der Waals surface area contributed by atoms with Crippen molar-refractivity contribution in [3.05, 3.63) is 34.9 Å². The molecule has 0 N–H and O–H groups in total. The summed E-state index contributed by atoms with van der Waals surface area (Å²) >= 11 is 6.14. The second kappa shape index (κ2) is 5.38. The standard InChI is InChI=1S/C12H18ClNO2S/c1-9(2)12(14(3)17(4,15)16)10-7-5-6-8-11(10)13/h5-9,12H,1-4H3. The van der Waals surface area contributed by atoms with Gasteiger partial charge in [0.25, 0.3) is 0 Å². The molecule has 0 fully saturated rings. The first-order valence-electron chi connectivity index (χ1n) is 5.42. The van der Waals surface area contributed by atoms with Crippen molar-refractivity contribution in [2.24, 2.45) is 5.92 Å². The topological polar surface area (TPSA) is 37.4 Å². The molecule has 96 valence electrons. The lowest BCUT2D eigenvalue weighted by molar-refractivity contribution is 0.302. The Labute approximate surface area is 108 Å². The summed E-state index contributed by atoms with van der Waals surface area (Å²) in [4.78, 5) is 0. The summed E-state index contributed by atoms with van der Waals surface area (Å²) in [5, 5.41) is 0.599. The van der Waals surface area contributed by atoms with Gasteiger partial charge in [-0.15, -0.1) is 0 Å². The van der Waals surface area contributed by atoms with Gasteiger partial charge < -0.3 is 0 Å². The Morgan fingerprint density at radius 3 is 2.18 bits per heavy atom. The van der Waals surface area contributed by atoms with E-state index in [1.165, 1.54) is 10.6 Å². The molecule has 0 heterocycles. The second-order valence-electron chi connectivity index (χ2n) is 4.49. The molecule has 0 aliphatic carbocycles. The van der Waals surface area contributed by atoms with Crippen LogP contribution in [0, 0.1) is 5.92 Å². The molecular weight excluding hydrogens is 258 g/mol. The van der Waals surface area contributed by atoms with Gasteiger partial charge in [-0.05, 0) is 17.5 Å². The number of nitrogens with zero attached hydrogens (tertiary/aromatic N) is 1. The molecule has 0 bridgehead atoms. The Kier molecular flexibility index (Phi) is 4.58. The molecule has 0 saturated heterocycles. The van der Waals surface area contributed by atoms with Crippen molar-refractivity contribution < 1.29 is 8.42 Å².